The Morgan fingerprint density at radius 2 is 1.92 bits per heavy atom. The monoisotopic (exact) mass is 358 g/mol. The molecule has 6 nitrogen and oxygen atoms in total. The number of carbonyl (C=O) groups excluding carboxylic acids is 1. The first kappa shape index (κ1) is 19.6. The molecule has 2 amide bonds. The van der Waals surface area contributed by atoms with Crippen LogP contribution in [0.25, 0.3) is 0 Å². The van der Waals surface area contributed by atoms with Crippen LogP contribution in [0.3, 0.4) is 0 Å². The van der Waals surface area contributed by atoms with Crippen molar-refractivity contribution in [1.82, 2.24) is 10.2 Å². The highest BCUT2D eigenvalue weighted by atomic mass is 16.5. The zero-order valence-electron chi connectivity index (χ0n) is 15.4. The molecule has 26 heavy (non-hydrogen) atoms. The molecule has 0 heterocycles. The van der Waals surface area contributed by atoms with Crippen molar-refractivity contribution < 1.29 is 19.4 Å². The number of ether oxygens (including phenoxy) is 2. The lowest BCUT2D eigenvalue weighted by Gasteiger charge is -2.22. The SMILES string of the molecule is COc1cccc(C(O)CN(C)C(=O)NCCc2ccccc2OC)c1. The maximum Gasteiger partial charge on any atom is 0.317 e. The number of methoxy groups -OCH3 is 2. The van der Waals surface area contributed by atoms with Crippen LogP contribution in [-0.4, -0.2) is 50.4 Å². The topological polar surface area (TPSA) is 71.0 Å². The molecule has 2 rings (SSSR count). The van der Waals surface area contributed by atoms with Crippen molar-refractivity contribution in [3.8, 4) is 11.5 Å². The Hall–Kier alpha value is -2.73. The predicted octanol–water partition coefficient (Wildman–Crippen LogP) is 2.62. The number of aliphatic hydroxyl groups excluding tert-OH is 1. The van der Waals surface area contributed by atoms with Crippen LogP contribution < -0.4 is 14.8 Å². The molecule has 0 aromatic heterocycles. The lowest BCUT2D eigenvalue weighted by Crippen LogP contribution is -2.40. The second kappa shape index (κ2) is 9.68. The molecule has 0 radical (unpaired) electrons. The molecule has 0 aliphatic rings. The minimum absolute atomic E-state index is 0.188. The third-order valence-electron chi connectivity index (χ3n) is 4.14. The molecule has 0 aliphatic carbocycles. The largest absolute Gasteiger partial charge is 0.497 e. The molecule has 0 saturated heterocycles. The van der Waals surface area contributed by atoms with Crippen molar-refractivity contribution >= 4 is 6.03 Å². The first-order valence-electron chi connectivity index (χ1n) is 8.48. The lowest BCUT2D eigenvalue weighted by molar-refractivity contribution is 0.131. The minimum atomic E-state index is -0.782. The van der Waals surface area contributed by atoms with Gasteiger partial charge < -0.3 is 24.8 Å². The number of likely N-dealkylation sites (N-methyl/N-ethyl adjacent to an activating group) is 1. The van der Waals surface area contributed by atoms with Crippen molar-refractivity contribution in [2.24, 2.45) is 0 Å². The van der Waals surface area contributed by atoms with Crippen LogP contribution in [0.2, 0.25) is 0 Å². The van der Waals surface area contributed by atoms with Crippen LogP contribution in [0, 0.1) is 0 Å². The summed E-state index contributed by atoms with van der Waals surface area (Å²) in [5, 5.41) is 13.2. The fourth-order valence-corrected chi connectivity index (χ4v) is 2.65. The predicted molar refractivity (Wildman–Crippen MR) is 101 cm³/mol. The first-order valence-corrected chi connectivity index (χ1v) is 8.48. The number of amides is 2. The van der Waals surface area contributed by atoms with Crippen LogP contribution in [0.5, 0.6) is 11.5 Å². The number of carbonyl (C=O) groups is 1. The smallest absolute Gasteiger partial charge is 0.317 e. The van der Waals surface area contributed by atoms with E-state index in [2.05, 4.69) is 5.32 Å². The van der Waals surface area contributed by atoms with E-state index in [1.807, 2.05) is 36.4 Å². The maximum atomic E-state index is 12.2. The Labute approximate surface area is 154 Å². The minimum Gasteiger partial charge on any atom is -0.497 e. The molecule has 2 N–H and O–H groups in total. The zero-order chi connectivity index (χ0) is 18.9. The van der Waals surface area contributed by atoms with Crippen molar-refractivity contribution in [2.75, 3.05) is 34.4 Å². The van der Waals surface area contributed by atoms with Crippen molar-refractivity contribution in [2.45, 2.75) is 12.5 Å². The molecule has 140 valence electrons. The van der Waals surface area contributed by atoms with E-state index in [1.54, 1.807) is 33.4 Å². The summed E-state index contributed by atoms with van der Waals surface area (Å²) in [7, 11) is 4.86. The van der Waals surface area contributed by atoms with Gasteiger partial charge in [0.1, 0.15) is 11.5 Å². The third kappa shape index (κ3) is 5.39. The number of nitrogens with one attached hydrogen (secondary N) is 1. The van der Waals surface area contributed by atoms with Gasteiger partial charge in [0, 0.05) is 13.6 Å². The van der Waals surface area contributed by atoms with E-state index in [0.717, 1.165) is 11.3 Å². The van der Waals surface area contributed by atoms with E-state index in [0.29, 0.717) is 24.3 Å². The molecule has 0 spiro atoms. The summed E-state index contributed by atoms with van der Waals surface area (Å²) in [6.07, 6.45) is -0.114. The summed E-state index contributed by atoms with van der Waals surface area (Å²) < 4.78 is 10.5. The molecule has 0 aliphatic heterocycles. The average molecular weight is 358 g/mol. The fraction of sp³-hybridized carbons (Fsp3) is 0.350. The van der Waals surface area contributed by atoms with Crippen LogP contribution in [0.4, 0.5) is 4.79 Å². The summed E-state index contributed by atoms with van der Waals surface area (Å²) in [6.45, 7) is 0.673. The number of hydrogen-bond acceptors (Lipinski definition) is 4. The summed E-state index contributed by atoms with van der Waals surface area (Å²) in [4.78, 5) is 13.7. The highest BCUT2D eigenvalue weighted by Crippen LogP contribution is 2.20. The van der Waals surface area contributed by atoms with Gasteiger partial charge in [0.2, 0.25) is 0 Å². The van der Waals surface area contributed by atoms with E-state index in [4.69, 9.17) is 9.47 Å². The quantitative estimate of drug-likeness (QED) is 0.761. The van der Waals surface area contributed by atoms with Gasteiger partial charge in [-0.2, -0.15) is 0 Å². The van der Waals surface area contributed by atoms with Gasteiger partial charge in [0.05, 0.1) is 26.9 Å². The van der Waals surface area contributed by atoms with Gasteiger partial charge in [0.25, 0.3) is 0 Å². The average Bonchev–Trinajstić information content (AvgIpc) is 2.68. The van der Waals surface area contributed by atoms with Gasteiger partial charge in [-0.25, -0.2) is 4.79 Å². The van der Waals surface area contributed by atoms with Crippen LogP contribution in [-0.2, 0) is 6.42 Å². The Balaban J connectivity index is 1.83. The van der Waals surface area contributed by atoms with E-state index < -0.39 is 6.10 Å². The van der Waals surface area contributed by atoms with E-state index in [9.17, 15) is 9.90 Å². The highest BCUT2D eigenvalue weighted by Gasteiger charge is 2.15. The van der Waals surface area contributed by atoms with Gasteiger partial charge >= 0.3 is 6.03 Å². The molecule has 0 bridgehead atoms. The number of urea groups is 1. The summed E-state index contributed by atoms with van der Waals surface area (Å²) in [6, 6.07) is 14.7. The Morgan fingerprint density at radius 1 is 1.15 bits per heavy atom. The van der Waals surface area contributed by atoms with E-state index in [1.165, 1.54) is 4.90 Å². The van der Waals surface area contributed by atoms with Gasteiger partial charge in [-0.1, -0.05) is 30.3 Å². The summed E-state index contributed by atoms with van der Waals surface area (Å²) >= 11 is 0. The van der Waals surface area contributed by atoms with Crippen molar-refractivity contribution in [3.63, 3.8) is 0 Å². The molecular formula is C20H26N2O4. The number of hydrogen-bond donors (Lipinski definition) is 2. The van der Waals surface area contributed by atoms with Gasteiger partial charge in [0.15, 0.2) is 0 Å². The molecule has 6 heteroatoms. The van der Waals surface area contributed by atoms with Crippen LogP contribution in [0.15, 0.2) is 48.5 Å². The summed E-state index contributed by atoms with van der Waals surface area (Å²) in [5.74, 6) is 1.48. The molecule has 2 aromatic carbocycles. The van der Waals surface area contributed by atoms with E-state index >= 15 is 0 Å². The lowest BCUT2D eigenvalue weighted by atomic mass is 10.1. The number of aliphatic hydroxyl groups is 1. The molecule has 2 aromatic rings. The first-order chi connectivity index (χ1) is 12.5. The second-order valence-electron chi connectivity index (χ2n) is 5.97. The van der Waals surface area contributed by atoms with E-state index in [-0.39, 0.29) is 12.6 Å². The summed E-state index contributed by atoms with van der Waals surface area (Å²) in [5.41, 5.74) is 1.74. The van der Waals surface area contributed by atoms with Gasteiger partial charge in [-0.05, 0) is 35.7 Å². The Bertz CT molecular complexity index is 720. The number of rotatable bonds is 8. The van der Waals surface area contributed by atoms with Gasteiger partial charge in [-0.3, -0.25) is 0 Å². The molecular weight excluding hydrogens is 332 g/mol. The Morgan fingerprint density at radius 3 is 2.65 bits per heavy atom. The molecule has 1 atom stereocenters. The van der Waals surface area contributed by atoms with Gasteiger partial charge in [-0.15, -0.1) is 0 Å². The maximum absolute atomic E-state index is 12.2. The number of para-hydroxylation sites is 1. The fourth-order valence-electron chi connectivity index (χ4n) is 2.65. The van der Waals surface area contributed by atoms with Crippen molar-refractivity contribution in [3.05, 3.63) is 59.7 Å². The van der Waals surface area contributed by atoms with Crippen molar-refractivity contribution in [1.29, 1.82) is 0 Å². The number of benzene rings is 2. The second-order valence-corrected chi connectivity index (χ2v) is 5.97. The third-order valence-corrected chi connectivity index (χ3v) is 4.14. The molecule has 0 saturated carbocycles. The molecule has 0 fully saturated rings. The Kier molecular flexibility index (Phi) is 7.29. The molecule has 1 unspecified atom stereocenters. The number of nitrogens with zero attached hydrogens (tertiary/aromatic N) is 1. The normalized spacial score (nSPS) is 11.5. The van der Waals surface area contributed by atoms with Crippen LogP contribution in [0.1, 0.15) is 17.2 Å². The zero-order valence-corrected chi connectivity index (χ0v) is 15.4. The highest BCUT2D eigenvalue weighted by molar-refractivity contribution is 5.73. The van der Waals surface area contributed by atoms with Crippen LogP contribution >= 0.6 is 0 Å². The standard InChI is InChI=1S/C20H26N2O4/c1-22(14-18(23)16-8-6-9-17(13-16)25-2)20(24)21-12-11-15-7-4-5-10-19(15)26-3/h4-10,13,18,23H,11-12,14H2,1-3H3,(H,21,24).